The van der Waals surface area contributed by atoms with Crippen LogP contribution in [0.25, 0.3) is 0 Å². The molecule has 0 bridgehead atoms. The van der Waals surface area contributed by atoms with Crippen LogP contribution in [0.5, 0.6) is 0 Å². The largest absolute Gasteiger partial charge is 0.444 e. The minimum Gasteiger partial charge on any atom is -0.444 e. The summed E-state index contributed by atoms with van der Waals surface area (Å²) in [4.78, 5) is 25.0. The first-order valence-corrected chi connectivity index (χ1v) is 7.50. The SMILES string of the molecule is CC(C)(C)OC(=O)NCCN(CCCO)C(=O)OC(C)(C)C. The van der Waals surface area contributed by atoms with Crippen LogP contribution in [0, 0.1) is 0 Å². The zero-order chi connectivity index (χ0) is 17.4. The highest BCUT2D eigenvalue weighted by atomic mass is 16.6. The normalized spacial score (nSPS) is 11.8. The number of ether oxygens (including phenoxy) is 2. The molecule has 0 aliphatic rings. The highest BCUT2D eigenvalue weighted by molar-refractivity contribution is 5.69. The third-order valence-corrected chi connectivity index (χ3v) is 2.29. The van der Waals surface area contributed by atoms with E-state index in [0.29, 0.717) is 13.0 Å². The van der Waals surface area contributed by atoms with Crippen LogP contribution >= 0.6 is 0 Å². The summed E-state index contributed by atoms with van der Waals surface area (Å²) in [6.07, 6.45) is -0.545. The number of rotatable bonds is 6. The Morgan fingerprint density at radius 2 is 1.55 bits per heavy atom. The number of alkyl carbamates (subject to hydrolysis) is 1. The Hall–Kier alpha value is -1.50. The number of aliphatic hydroxyl groups is 1. The fourth-order valence-electron chi connectivity index (χ4n) is 1.49. The van der Waals surface area contributed by atoms with Crippen LogP contribution in [-0.4, -0.2) is 59.6 Å². The standard InChI is InChI=1S/C15H30N2O5/c1-14(2,3)21-12(19)16-8-10-17(9-7-11-18)13(20)22-15(4,5)6/h18H,7-11H2,1-6H3,(H,16,19). The predicted octanol–water partition coefficient (Wildman–Crippen LogP) is 2.13. The van der Waals surface area contributed by atoms with Gasteiger partial charge in [0, 0.05) is 26.2 Å². The number of nitrogens with zero attached hydrogens (tertiary/aromatic N) is 1. The molecule has 130 valence electrons. The van der Waals surface area contributed by atoms with Crippen molar-refractivity contribution >= 4 is 12.2 Å². The van der Waals surface area contributed by atoms with Crippen LogP contribution in [0.4, 0.5) is 9.59 Å². The molecule has 0 saturated carbocycles. The fourth-order valence-corrected chi connectivity index (χ4v) is 1.49. The summed E-state index contributed by atoms with van der Waals surface area (Å²) in [5, 5.41) is 11.5. The van der Waals surface area contributed by atoms with E-state index < -0.39 is 23.4 Å². The lowest BCUT2D eigenvalue weighted by molar-refractivity contribution is 0.0231. The van der Waals surface area contributed by atoms with Crippen molar-refractivity contribution in [3.8, 4) is 0 Å². The summed E-state index contributed by atoms with van der Waals surface area (Å²) in [5.41, 5.74) is -1.15. The first-order valence-electron chi connectivity index (χ1n) is 7.50. The topological polar surface area (TPSA) is 88.1 Å². The van der Waals surface area contributed by atoms with Gasteiger partial charge in [-0.25, -0.2) is 9.59 Å². The molecule has 0 unspecified atom stereocenters. The van der Waals surface area contributed by atoms with Gasteiger partial charge in [0.1, 0.15) is 11.2 Å². The van der Waals surface area contributed by atoms with E-state index in [1.165, 1.54) is 4.90 Å². The molecule has 0 aromatic carbocycles. The monoisotopic (exact) mass is 318 g/mol. The molecule has 0 rings (SSSR count). The van der Waals surface area contributed by atoms with Gasteiger partial charge in [0.25, 0.3) is 0 Å². The maximum Gasteiger partial charge on any atom is 0.410 e. The molecule has 0 radical (unpaired) electrons. The van der Waals surface area contributed by atoms with E-state index in [9.17, 15) is 9.59 Å². The third kappa shape index (κ3) is 11.2. The average molecular weight is 318 g/mol. The van der Waals surface area contributed by atoms with Crippen molar-refractivity contribution in [2.24, 2.45) is 0 Å². The third-order valence-electron chi connectivity index (χ3n) is 2.29. The van der Waals surface area contributed by atoms with Gasteiger partial charge in [0.15, 0.2) is 0 Å². The molecule has 0 spiro atoms. The van der Waals surface area contributed by atoms with Crippen molar-refractivity contribution in [3.63, 3.8) is 0 Å². The average Bonchev–Trinajstić information content (AvgIpc) is 2.28. The van der Waals surface area contributed by atoms with Gasteiger partial charge in [0.05, 0.1) is 0 Å². The molecule has 2 amide bonds. The van der Waals surface area contributed by atoms with E-state index >= 15 is 0 Å². The van der Waals surface area contributed by atoms with Crippen molar-refractivity contribution in [2.45, 2.75) is 59.2 Å². The van der Waals surface area contributed by atoms with Gasteiger partial charge in [-0.15, -0.1) is 0 Å². The lowest BCUT2D eigenvalue weighted by atomic mass is 10.2. The quantitative estimate of drug-likeness (QED) is 0.783. The van der Waals surface area contributed by atoms with E-state index in [4.69, 9.17) is 14.6 Å². The van der Waals surface area contributed by atoms with E-state index in [1.807, 2.05) is 0 Å². The second kappa shape index (κ2) is 8.82. The highest BCUT2D eigenvalue weighted by Crippen LogP contribution is 2.10. The molecule has 0 aromatic rings. The van der Waals surface area contributed by atoms with Crippen molar-refractivity contribution in [1.29, 1.82) is 0 Å². The van der Waals surface area contributed by atoms with E-state index in [2.05, 4.69) is 5.32 Å². The lowest BCUT2D eigenvalue weighted by Gasteiger charge is -2.27. The Bertz CT molecular complexity index is 358. The molecule has 0 heterocycles. The molecule has 22 heavy (non-hydrogen) atoms. The van der Waals surface area contributed by atoms with Gasteiger partial charge < -0.3 is 24.8 Å². The molecule has 7 nitrogen and oxygen atoms in total. The Labute approximate surface area is 133 Å². The zero-order valence-corrected chi connectivity index (χ0v) is 14.6. The van der Waals surface area contributed by atoms with Crippen LogP contribution in [-0.2, 0) is 9.47 Å². The van der Waals surface area contributed by atoms with Gasteiger partial charge in [-0.2, -0.15) is 0 Å². The number of aliphatic hydroxyl groups excluding tert-OH is 1. The minimum absolute atomic E-state index is 0.0151. The van der Waals surface area contributed by atoms with Crippen LogP contribution in [0.3, 0.4) is 0 Å². The lowest BCUT2D eigenvalue weighted by Crippen LogP contribution is -2.43. The minimum atomic E-state index is -0.590. The molecule has 7 heteroatoms. The number of carbonyl (C=O) groups excluding carboxylic acids is 2. The van der Waals surface area contributed by atoms with Crippen LogP contribution < -0.4 is 5.32 Å². The number of amides is 2. The summed E-state index contributed by atoms with van der Waals surface area (Å²) in [6.45, 7) is 11.6. The van der Waals surface area contributed by atoms with Crippen LogP contribution in [0.15, 0.2) is 0 Å². The Morgan fingerprint density at radius 1 is 1.00 bits per heavy atom. The van der Waals surface area contributed by atoms with Crippen LogP contribution in [0.2, 0.25) is 0 Å². The van der Waals surface area contributed by atoms with Gasteiger partial charge in [-0.05, 0) is 48.0 Å². The summed E-state index contributed by atoms with van der Waals surface area (Å²) < 4.78 is 10.4. The van der Waals surface area contributed by atoms with Gasteiger partial charge in [-0.3, -0.25) is 0 Å². The Morgan fingerprint density at radius 3 is 2.00 bits per heavy atom. The second-order valence-electron chi connectivity index (χ2n) is 6.97. The van der Waals surface area contributed by atoms with Crippen molar-refractivity contribution in [1.82, 2.24) is 10.2 Å². The summed E-state index contributed by atoms with van der Waals surface area (Å²) in [7, 11) is 0. The maximum atomic E-state index is 12.0. The fraction of sp³-hybridized carbons (Fsp3) is 0.867. The maximum absolute atomic E-state index is 12.0. The predicted molar refractivity (Wildman–Crippen MR) is 83.7 cm³/mol. The Balaban J connectivity index is 4.36. The number of hydrogen-bond acceptors (Lipinski definition) is 5. The first kappa shape index (κ1) is 20.5. The molecule has 0 atom stereocenters. The van der Waals surface area contributed by atoms with E-state index in [0.717, 1.165) is 0 Å². The summed E-state index contributed by atoms with van der Waals surface area (Å²) in [5.74, 6) is 0. The number of carbonyl (C=O) groups is 2. The first-order chi connectivity index (χ1) is 9.94. The van der Waals surface area contributed by atoms with Gasteiger partial charge in [-0.1, -0.05) is 0 Å². The molecule has 0 aliphatic heterocycles. The van der Waals surface area contributed by atoms with Gasteiger partial charge in [0.2, 0.25) is 0 Å². The molecule has 0 aromatic heterocycles. The van der Waals surface area contributed by atoms with Crippen LogP contribution in [0.1, 0.15) is 48.0 Å². The summed E-state index contributed by atoms with van der Waals surface area (Å²) in [6, 6.07) is 0. The highest BCUT2D eigenvalue weighted by Gasteiger charge is 2.22. The van der Waals surface area contributed by atoms with E-state index in [1.54, 1.807) is 41.5 Å². The summed E-state index contributed by atoms with van der Waals surface area (Å²) >= 11 is 0. The van der Waals surface area contributed by atoms with Gasteiger partial charge >= 0.3 is 12.2 Å². The molecule has 0 fully saturated rings. The number of nitrogens with one attached hydrogen (secondary N) is 1. The second-order valence-corrected chi connectivity index (χ2v) is 6.97. The molecule has 0 saturated heterocycles. The number of hydrogen-bond donors (Lipinski definition) is 2. The van der Waals surface area contributed by atoms with Crippen molar-refractivity contribution in [2.75, 3.05) is 26.2 Å². The zero-order valence-electron chi connectivity index (χ0n) is 14.6. The molecule has 0 aliphatic carbocycles. The smallest absolute Gasteiger partial charge is 0.410 e. The van der Waals surface area contributed by atoms with E-state index in [-0.39, 0.29) is 19.7 Å². The molecular weight excluding hydrogens is 288 g/mol. The molecule has 2 N–H and O–H groups in total. The van der Waals surface area contributed by atoms with Crippen molar-refractivity contribution < 1.29 is 24.2 Å². The Kier molecular flexibility index (Phi) is 8.22. The van der Waals surface area contributed by atoms with Crippen molar-refractivity contribution in [3.05, 3.63) is 0 Å². The molecular formula is C15H30N2O5.